The first kappa shape index (κ1) is 16.3. The fraction of sp³-hybridized carbons (Fsp3) is 0.867. The van der Waals surface area contributed by atoms with Gasteiger partial charge in [-0.2, -0.15) is 0 Å². The first-order chi connectivity index (χ1) is 8.54. The zero-order valence-electron chi connectivity index (χ0n) is 11.8. The first-order valence-corrected chi connectivity index (χ1v) is 9.02. The Kier molecular flexibility index (Phi) is 4.29. The summed E-state index contributed by atoms with van der Waals surface area (Å²) in [4.78, 5) is 0.0917. The second kappa shape index (κ2) is 5.00. The van der Waals surface area contributed by atoms with Crippen LogP contribution in [0.1, 0.15) is 46.5 Å². The summed E-state index contributed by atoms with van der Waals surface area (Å²) < 4.78 is 0.00797. The average Bonchev–Trinajstić information content (AvgIpc) is 2.29. The highest BCUT2D eigenvalue weighted by Gasteiger charge is 2.59. The lowest BCUT2D eigenvalue weighted by atomic mass is 9.49. The van der Waals surface area contributed by atoms with E-state index in [9.17, 15) is 5.11 Å². The minimum Gasteiger partial charge on any atom is -0.392 e. The van der Waals surface area contributed by atoms with Crippen molar-refractivity contribution >= 4 is 43.5 Å². The van der Waals surface area contributed by atoms with E-state index in [1.54, 1.807) is 0 Å². The van der Waals surface area contributed by atoms with Crippen LogP contribution in [-0.4, -0.2) is 25.7 Å². The quantitative estimate of drug-likeness (QED) is 0.435. The molecule has 0 aliphatic heterocycles. The van der Waals surface area contributed by atoms with E-state index in [1.807, 2.05) is 0 Å². The third-order valence-corrected chi connectivity index (χ3v) is 9.22. The topological polar surface area (TPSA) is 20.2 Å². The van der Waals surface area contributed by atoms with Crippen LogP contribution >= 0.6 is 43.5 Å². The van der Waals surface area contributed by atoms with Crippen LogP contribution in [0.3, 0.4) is 0 Å². The summed E-state index contributed by atoms with van der Waals surface area (Å²) >= 11 is 14.1. The van der Waals surface area contributed by atoms with E-state index in [-0.39, 0.29) is 31.5 Å². The van der Waals surface area contributed by atoms with Gasteiger partial charge in [-0.25, -0.2) is 0 Å². The number of hydrogen-bond donors (Lipinski definition) is 1. The van der Waals surface area contributed by atoms with E-state index in [4.69, 9.17) is 11.6 Å². The van der Waals surface area contributed by atoms with Gasteiger partial charge in [-0.3, -0.25) is 0 Å². The van der Waals surface area contributed by atoms with Crippen LogP contribution in [0, 0.1) is 10.8 Å². The van der Waals surface area contributed by atoms with E-state index in [0.29, 0.717) is 6.42 Å². The molecule has 2 rings (SSSR count). The van der Waals surface area contributed by atoms with Crippen molar-refractivity contribution < 1.29 is 5.11 Å². The SMILES string of the molecule is C=C1C[C@H](O)C(Br)C(C)(C)[C@]12CC[C@](C)(Br)[C@@H](Cl)C2. The molecule has 2 aliphatic rings. The van der Waals surface area contributed by atoms with E-state index < -0.39 is 0 Å². The second-order valence-corrected chi connectivity index (χ2v) is 10.4. The fourth-order valence-corrected chi connectivity index (χ4v) is 5.25. The largest absolute Gasteiger partial charge is 0.392 e. The molecule has 1 nitrogen and oxygen atoms in total. The summed E-state index contributed by atoms with van der Waals surface area (Å²) in [5.41, 5.74) is 1.16. The van der Waals surface area contributed by atoms with Gasteiger partial charge in [0.25, 0.3) is 0 Å². The maximum Gasteiger partial charge on any atom is 0.0707 e. The molecule has 2 fully saturated rings. The molecular weight excluding hydrogens is 391 g/mol. The summed E-state index contributed by atoms with van der Waals surface area (Å²) in [5, 5.41) is 10.3. The van der Waals surface area contributed by atoms with E-state index in [1.165, 1.54) is 5.57 Å². The second-order valence-electron chi connectivity index (χ2n) is 7.03. The molecular formula is C15H23Br2ClO. The Morgan fingerprint density at radius 3 is 2.42 bits per heavy atom. The smallest absolute Gasteiger partial charge is 0.0707 e. The lowest BCUT2D eigenvalue weighted by Crippen LogP contribution is -2.58. The Hall–Kier alpha value is 0.950. The molecule has 0 saturated heterocycles. The van der Waals surface area contributed by atoms with Crippen molar-refractivity contribution in [2.24, 2.45) is 10.8 Å². The maximum atomic E-state index is 10.2. The highest BCUT2D eigenvalue weighted by molar-refractivity contribution is 9.10. The van der Waals surface area contributed by atoms with Crippen molar-refractivity contribution in [2.45, 2.75) is 67.1 Å². The molecule has 2 saturated carbocycles. The molecule has 0 aromatic heterocycles. The number of hydrogen-bond acceptors (Lipinski definition) is 1. The highest BCUT2D eigenvalue weighted by atomic mass is 79.9. The molecule has 0 aromatic rings. The lowest BCUT2D eigenvalue weighted by Gasteiger charge is -2.60. The van der Waals surface area contributed by atoms with Crippen molar-refractivity contribution in [3.8, 4) is 0 Å². The summed E-state index contributed by atoms with van der Waals surface area (Å²) in [7, 11) is 0. The summed E-state index contributed by atoms with van der Waals surface area (Å²) in [6, 6.07) is 0. The van der Waals surface area contributed by atoms with Gasteiger partial charge in [0.1, 0.15) is 0 Å². The highest BCUT2D eigenvalue weighted by Crippen LogP contribution is 2.64. The third-order valence-electron chi connectivity index (χ3n) is 5.61. The van der Waals surface area contributed by atoms with E-state index >= 15 is 0 Å². The predicted molar refractivity (Wildman–Crippen MR) is 89.5 cm³/mol. The molecule has 2 aliphatic carbocycles. The van der Waals surface area contributed by atoms with Gasteiger partial charge in [0.15, 0.2) is 0 Å². The Morgan fingerprint density at radius 2 is 1.89 bits per heavy atom. The molecule has 19 heavy (non-hydrogen) atoms. The van der Waals surface area contributed by atoms with Crippen molar-refractivity contribution in [3.63, 3.8) is 0 Å². The Labute approximate surface area is 138 Å². The Morgan fingerprint density at radius 1 is 1.32 bits per heavy atom. The number of rotatable bonds is 0. The van der Waals surface area contributed by atoms with Gasteiger partial charge in [0.2, 0.25) is 0 Å². The van der Waals surface area contributed by atoms with Gasteiger partial charge < -0.3 is 5.11 Å². The van der Waals surface area contributed by atoms with Crippen LogP contribution < -0.4 is 0 Å². The van der Waals surface area contributed by atoms with Crippen LogP contribution in [0.15, 0.2) is 12.2 Å². The van der Waals surface area contributed by atoms with Gasteiger partial charge in [-0.05, 0) is 43.4 Å². The molecule has 0 amide bonds. The van der Waals surface area contributed by atoms with Crippen LogP contribution in [0.25, 0.3) is 0 Å². The molecule has 1 spiro atoms. The predicted octanol–water partition coefficient (Wildman–Crippen LogP) is 5.03. The summed E-state index contributed by atoms with van der Waals surface area (Å²) in [5.74, 6) is 0. The Balaban J connectivity index is 2.39. The van der Waals surface area contributed by atoms with Crippen LogP contribution in [0.2, 0.25) is 0 Å². The summed E-state index contributed by atoms with van der Waals surface area (Å²) in [6.45, 7) is 10.9. The van der Waals surface area contributed by atoms with Crippen molar-refractivity contribution in [1.29, 1.82) is 0 Å². The molecule has 110 valence electrons. The van der Waals surface area contributed by atoms with Crippen molar-refractivity contribution in [1.82, 2.24) is 0 Å². The molecule has 0 radical (unpaired) electrons. The van der Waals surface area contributed by atoms with Gasteiger partial charge in [-0.1, -0.05) is 57.9 Å². The summed E-state index contributed by atoms with van der Waals surface area (Å²) in [6.07, 6.45) is 3.39. The molecule has 1 unspecified atom stereocenters. The fourth-order valence-electron chi connectivity index (χ4n) is 3.89. The first-order valence-electron chi connectivity index (χ1n) is 6.88. The van der Waals surface area contributed by atoms with Gasteiger partial charge >= 0.3 is 0 Å². The molecule has 0 bridgehead atoms. The molecule has 0 heterocycles. The average molecular weight is 415 g/mol. The number of alkyl halides is 3. The van der Waals surface area contributed by atoms with Crippen LogP contribution in [0.5, 0.6) is 0 Å². The number of aliphatic hydroxyl groups excluding tert-OH is 1. The van der Waals surface area contributed by atoms with Crippen molar-refractivity contribution in [3.05, 3.63) is 12.2 Å². The molecule has 5 atom stereocenters. The maximum absolute atomic E-state index is 10.2. The zero-order valence-corrected chi connectivity index (χ0v) is 15.8. The minimum absolute atomic E-state index is 0.00797. The third kappa shape index (κ3) is 2.37. The molecule has 1 N–H and O–H groups in total. The molecule has 0 aromatic carbocycles. The van der Waals surface area contributed by atoms with Gasteiger partial charge in [0, 0.05) is 14.5 Å². The molecule has 4 heteroatoms. The van der Waals surface area contributed by atoms with Crippen LogP contribution in [-0.2, 0) is 0 Å². The standard InChI is InChI=1S/C15H23Br2ClO/c1-9-7-10(19)12(16)13(2,3)15(9)6-5-14(4,17)11(18)8-15/h10-12,19H,1,5-8H2,2-4H3/t10-,11-,12?,14-,15-/m0/s1. The monoisotopic (exact) mass is 412 g/mol. The van der Waals surface area contributed by atoms with Gasteiger partial charge in [-0.15, -0.1) is 11.6 Å². The Bertz CT molecular complexity index is 394. The van der Waals surface area contributed by atoms with E-state index in [2.05, 4.69) is 59.2 Å². The van der Waals surface area contributed by atoms with E-state index in [0.717, 1.165) is 19.3 Å². The van der Waals surface area contributed by atoms with Crippen LogP contribution in [0.4, 0.5) is 0 Å². The minimum atomic E-state index is -0.348. The van der Waals surface area contributed by atoms with Gasteiger partial charge in [0.05, 0.1) is 6.10 Å². The van der Waals surface area contributed by atoms with Crippen molar-refractivity contribution in [2.75, 3.05) is 0 Å². The lowest BCUT2D eigenvalue weighted by molar-refractivity contribution is -0.0175. The number of aliphatic hydroxyl groups is 1. The zero-order chi connectivity index (χ0) is 14.6. The normalized spacial score (nSPS) is 50.5. The number of halogens is 3.